The highest BCUT2D eigenvalue weighted by molar-refractivity contribution is 8.01. The second-order valence-electron chi connectivity index (χ2n) is 7.14. The Hall–Kier alpha value is -1.69. The fraction of sp³-hybridized carbons (Fsp3) is 0.364. The second kappa shape index (κ2) is 9.41. The van der Waals surface area contributed by atoms with Gasteiger partial charge in [0.2, 0.25) is 5.91 Å². The van der Waals surface area contributed by atoms with Gasteiger partial charge >= 0.3 is 5.97 Å². The molecule has 0 fully saturated rings. The summed E-state index contributed by atoms with van der Waals surface area (Å²) in [5.41, 5.74) is 2.89. The number of carbonyl (C=O) groups excluding carboxylic acids is 2. The van der Waals surface area contributed by atoms with Crippen LogP contribution in [-0.2, 0) is 27.3 Å². The average molecular weight is 452 g/mol. The fourth-order valence-corrected chi connectivity index (χ4v) is 4.97. The van der Waals surface area contributed by atoms with Crippen molar-refractivity contribution in [3.8, 4) is 0 Å². The number of benzene rings is 2. The van der Waals surface area contributed by atoms with Gasteiger partial charge in [0.05, 0.1) is 40.1 Å². The molecule has 1 aliphatic heterocycles. The molecule has 0 aliphatic carbocycles. The maximum Gasteiger partial charge on any atom is 0.307 e. The maximum absolute atomic E-state index is 13.3. The van der Waals surface area contributed by atoms with E-state index in [1.54, 1.807) is 30.9 Å². The summed E-state index contributed by atoms with van der Waals surface area (Å²) in [6.45, 7) is 6.04. The predicted molar refractivity (Wildman–Crippen MR) is 119 cm³/mol. The highest BCUT2D eigenvalue weighted by Crippen LogP contribution is 2.43. The lowest BCUT2D eigenvalue weighted by Crippen LogP contribution is -2.42. The molecule has 1 unspecified atom stereocenters. The van der Waals surface area contributed by atoms with Crippen molar-refractivity contribution in [2.75, 3.05) is 4.90 Å². The van der Waals surface area contributed by atoms with Crippen molar-refractivity contribution in [2.45, 2.75) is 56.4 Å². The van der Waals surface area contributed by atoms with Gasteiger partial charge < -0.3 is 9.64 Å². The van der Waals surface area contributed by atoms with E-state index < -0.39 is 5.25 Å². The molecular formula is C22H23Cl2NO3S. The zero-order chi connectivity index (χ0) is 21.1. The van der Waals surface area contributed by atoms with E-state index in [2.05, 4.69) is 13.0 Å². The summed E-state index contributed by atoms with van der Waals surface area (Å²) in [6, 6.07) is 11.3. The number of rotatable bonds is 6. The Morgan fingerprint density at radius 2 is 1.97 bits per heavy atom. The summed E-state index contributed by atoms with van der Waals surface area (Å²) in [7, 11) is 0. The van der Waals surface area contributed by atoms with Crippen molar-refractivity contribution in [1.29, 1.82) is 0 Å². The smallest absolute Gasteiger partial charge is 0.307 e. The molecule has 154 valence electrons. The van der Waals surface area contributed by atoms with Crippen LogP contribution in [-0.4, -0.2) is 23.2 Å². The van der Waals surface area contributed by atoms with Crippen molar-refractivity contribution < 1.29 is 14.3 Å². The number of hydrogen-bond donors (Lipinski definition) is 0. The zero-order valence-corrected chi connectivity index (χ0v) is 18.9. The third kappa shape index (κ3) is 5.08. The summed E-state index contributed by atoms with van der Waals surface area (Å²) >= 11 is 13.6. The van der Waals surface area contributed by atoms with Crippen LogP contribution in [0.15, 0.2) is 41.3 Å². The first-order valence-corrected chi connectivity index (χ1v) is 11.2. The van der Waals surface area contributed by atoms with Crippen LogP contribution >= 0.6 is 35.0 Å². The standard InChI is InChI=1S/C22H23Cl2NO3S/c1-4-15-6-5-7-18-21(15)29-19(11-20(26)28-13(2)3)22(27)25(18)12-14-8-9-16(23)17(24)10-14/h5-10,13,19H,4,11-12H2,1-3H3. The van der Waals surface area contributed by atoms with E-state index in [4.69, 9.17) is 27.9 Å². The molecule has 2 aromatic carbocycles. The van der Waals surface area contributed by atoms with Crippen LogP contribution in [0.2, 0.25) is 10.0 Å². The van der Waals surface area contributed by atoms with Crippen LogP contribution in [0.4, 0.5) is 5.69 Å². The minimum absolute atomic E-state index is 0.0387. The number of hydrogen-bond acceptors (Lipinski definition) is 4. The van der Waals surface area contributed by atoms with Gasteiger partial charge in [0.15, 0.2) is 0 Å². The molecule has 1 heterocycles. The van der Waals surface area contributed by atoms with Crippen LogP contribution < -0.4 is 4.90 Å². The number of anilines is 1. The number of nitrogens with zero attached hydrogens (tertiary/aromatic N) is 1. The van der Waals surface area contributed by atoms with Crippen LogP contribution in [0.5, 0.6) is 0 Å². The molecule has 0 saturated heterocycles. The van der Waals surface area contributed by atoms with E-state index in [9.17, 15) is 9.59 Å². The highest BCUT2D eigenvalue weighted by atomic mass is 35.5. The lowest BCUT2D eigenvalue weighted by molar-refractivity contribution is -0.148. The van der Waals surface area contributed by atoms with E-state index >= 15 is 0 Å². The first-order valence-electron chi connectivity index (χ1n) is 9.53. The SMILES string of the molecule is CCc1cccc2c1SC(CC(=O)OC(C)C)C(=O)N2Cc1ccc(Cl)c(Cl)c1. The molecule has 1 atom stereocenters. The number of carbonyl (C=O) groups is 2. The fourth-order valence-electron chi connectivity index (χ4n) is 3.26. The summed E-state index contributed by atoms with van der Waals surface area (Å²) in [5, 5.41) is 0.394. The maximum atomic E-state index is 13.3. The summed E-state index contributed by atoms with van der Waals surface area (Å²) in [4.78, 5) is 28.3. The van der Waals surface area contributed by atoms with Crippen LogP contribution in [0, 0.1) is 0 Å². The van der Waals surface area contributed by atoms with Gasteiger partial charge in [-0.3, -0.25) is 9.59 Å². The minimum atomic E-state index is -0.524. The van der Waals surface area contributed by atoms with Crippen molar-refractivity contribution in [1.82, 2.24) is 0 Å². The van der Waals surface area contributed by atoms with E-state index in [1.165, 1.54) is 11.8 Å². The Morgan fingerprint density at radius 1 is 1.21 bits per heavy atom. The Labute approximate surface area is 185 Å². The Bertz CT molecular complexity index is 932. The largest absolute Gasteiger partial charge is 0.463 e. The Balaban J connectivity index is 1.95. The first-order chi connectivity index (χ1) is 13.8. The molecule has 0 saturated carbocycles. The molecule has 1 aliphatic rings. The molecule has 0 radical (unpaired) electrons. The number of fused-ring (bicyclic) bond motifs is 1. The van der Waals surface area contributed by atoms with Gasteiger partial charge in [-0.1, -0.05) is 48.3 Å². The zero-order valence-electron chi connectivity index (χ0n) is 16.6. The van der Waals surface area contributed by atoms with Crippen LogP contribution in [0.1, 0.15) is 38.3 Å². The number of amides is 1. The van der Waals surface area contributed by atoms with Gasteiger partial charge in [-0.05, 0) is 49.6 Å². The van der Waals surface area contributed by atoms with Crippen LogP contribution in [0.25, 0.3) is 0 Å². The quantitative estimate of drug-likeness (QED) is 0.512. The third-order valence-electron chi connectivity index (χ3n) is 4.59. The summed E-state index contributed by atoms with van der Waals surface area (Å²) < 4.78 is 5.27. The Kier molecular flexibility index (Phi) is 7.14. The number of halogens is 2. The van der Waals surface area contributed by atoms with Gasteiger partial charge in [-0.2, -0.15) is 0 Å². The normalized spacial score (nSPS) is 16.1. The minimum Gasteiger partial charge on any atom is -0.463 e. The summed E-state index contributed by atoms with van der Waals surface area (Å²) in [5.74, 6) is -0.472. The molecule has 0 spiro atoms. The summed E-state index contributed by atoms with van der Waals surface area (Å²) in [6.07, 6.45) is 0.669. The molecule has 0 bridgehead atoms. The Morgan fingerprint density at radius 3 is 2.62 bits per heavy atom. The molecule has 1 amide bonds. The first kappa shape index (κ1) is 22.0. The molecular weight excluding hydrogens is 429 g/mol. The van der Waals surface area contributed by atoms with Gasteiger partial charge in [0.1, 0.15) is 0 Å². The molecule has 2 aromatic rings. The average Bonchev–Trinajstić information content (AvgIpc) is 2.66. The van der Waals surface area contributed by atoms with E-state index in [0.29, 0.717) is 16.6 Å². The number of aryl methyl sites for hydroxylation is 1. The van der Waals surface area contributed by atoms with E-state index in [1.807, 2.05) is 18.2 Å². The van der Waals surface area contributed by atoms with Crippen LogP contribution in [0.3, 0.4) is 0 Å². The highest BCUT2D eigenvalue weighted by Gasteiger charge is 2.36. The molecule has 0 aromatic heterocycles. The van der Waals surface area contributed by atoms with Gasteiger partial charge in [-0.15, -0.1) is 11.8 Å². The number of esters is 1. The predicted octanol–water partition coefficient (Wildman–Crippen LogP) is 5.91. The monoisotopic (exact) mass is 451 g/mol. The van der Waals surface area contributed by atoms with E-state index in [-0.39, 0.29) is 24.4 Å². The number of thioether (sulfide) groups is 1. The van der Waals surface area contributed by atoms with Gasteiger partial charge in [0, 0.05) is 4.90 Å². The van der Waals surface area contributed by atoms with Gasteiger partial charge in [0.25, 0.3) is 0 Å². The lowest BCUT2D eigenvalue weighted by atomic mass is 10.1. The second-order valence-corrected chi connectivity index (χ2v) is 9.17. The molecule has 0 N–H and O–H groups in total. The molecule has 29 heavy (non-hydrogen) atoms. The third-order valence-corrected chi connectivity index (χ3v) is 6.69. The van der Waals surface area contributed by atoms with E-state index in [0.717, 1.165) is 28.1 Å². The topological polar surface area (TPSA) is 46.6 Å². The lowest BCUT2D eigenvalue weighted by Gasteiger charge is -2.34. The molecule has 3 rings (SSSR count). The van der Waals surface area contributed by atoms with Crippen molar-refractivity contribution in [2.24, 2.45) is 0 Å². The van der Waals surface area contributed by atoms with Gasteiger partial charge in [-0.25, -0.2) is 0 Å². The van der Waals surface area contributed by atoms with Crippen molar-refractivity contribution >= 4 is 52.5 Å². The molecule has 7 heteroatoms. The molecule has 4 nitrogen and oxygen atoms in total. The van der Waals surface area contributed by atoms with Crippen molar-refractivity contribution in [3.63, 3.8) is 0 Å². The van der Waals surface area contributed by atoms with Crippen molar-refractivity contribution in [3.05, 3.63) is 57.6 Å². The number of ether oxygens (including phenoxy) is 1.